The number of halogens is 3. The lowest BCUT2D eigenvalue weighted by Crippen LogP contribution is -2.72. The van der Waals surface area contributed by atoms with Crippen LogP contribution >= 0.6 is 0 Å². The molecule has 1 heterocycles. The molecular weight excluding hydrogens is 503 g/mol. The highest BCUT2D eigenvalue weighted by Gasteiger charge is 2.43. The van der Waals surface area contributed by atoms with Gasteiger partial charge in [-0.05, 0) is 29.3 Å². The quantitative estimate of drug-likeness (QED) is 0.369. The van der Waals surface area contributed by atoms with Gasteiger partial charge in [0, 0.05) is 6.42 Å². The average Bonchev–Trinajstić information content (AvgIpc) is 2.91. The molecule has 1 saturated heterocycles. The summed E-state index contributed by atoms with van der Waals surface area (Å²) in [6, 6.07) is 19.4. The lowest BCUT2D eigenvalue weighted by atomic mass is 10.0. The number of β-lactam (4-membered cyclic amide) rings is 1. The summed E-state index contributed by atoms with van der Waals surface area (Å²) in [7, 11) is 0. The lowest BCUT2D eigenvalue weighted by molar-refractivity contribution is -0.143. The Balaban J connectivity index is 1.46. The number of hydrogen-bond donors (Lipinski definition) is 3. The minimum absolute atomic E-state index is 0.0808. The molecule has 3 atom stereocenters. The van der Waals surface area contributed by atoms with Crippen molar-refractivity contribution in [1.82, 2.24) is 16.0 Å². The third-order valence-corrected chi connectivity index (χ3v) is 5.69. The van der Waals surface area contributed by atoms with Crippen molar-refractivity contribution in [3.8, 4) is 5.75 Å². The molecule has 0 aliphatic carbocycles. The first kappa shape index (κ1) is 26.5. The summed E-state index contributed by atoms with van der Waals surface area (Å²) >= 11 is 0. The standard InChI is InChI=1S/C27H24F3N3O5/c28-27(29,30)19-11-7-10-18(14-19)15-21(31-26(36)37-16-17-8-3-1-4-9-17)23(34)32-22-24(35)33-25(22)38-20-12-5-2-6-13-20/h1-14,21-22,25H,15-16H2,(H,31,36)(H,32,34)(H,33,35)/t21-,22+,25-/m0/s1. The van der Waals surface area contributed by atoms with E-state index in [4.69, 9.17) is 9.47 Å². The summed E-state index contributed by atoms with van der Waals surface area (Å²) in [6.45, 7) is -0.0808. The smallest absolute Gasteiger partial charge is 0.416 e. The van der Waals surface area contributed by atoms with Gasteiger partial charge in [0.15, 0.2) is 6.04 Å². The second-order valence-electron chi connectivity index (χ2n) is 8.51. The molecule has 0 unspecified atom stereocenters. The van der Waals surface area contributed by atoms with Gasteiger partial charge in [0.25, 0.3) is 5.91 Å². The molecule has 0 saturated carbocycles. The predicted molar refractivity (Wildman–Crippen MR) is 130 cm³/mol. The fraction of sp³-hybridized carbons (Fsp3) is 0.222. The number of amides is 3. The van der Waals surface area contributed by atoms with E-state index in [-0.39, 0.29) is 18.6 Å². The SMILES string of the molecule is O=C(N[C@@H](Cc1cccc(C(F)(F)F)c1)C(=O)N[C@@H]1C(=O)N[C@H]1Oc1ccccc1)OCc1ccccc1. The Bertz CT molecular complexity index is 1270. The van der Waals surface area contributed by atoms with Crippen LogP contribution in [-0.4, -0.2) is 36.2 Å². The molecule has 11 heteroatoms. The van der Waals surface area contributed by atoms with E-state index in [1.165, 1.54) is 12.1 Å². The van der Waals surface area contributed by atoms with Crippen molar-refractivity contribution < 1.29 is 37.0 Å². The van der Waals surface area contributed by atoms with Crippen LogP contribution in [0.1, 0.15) is 16.7 Å². The zero-order valence-electron chi connectivity index (χ0n) is 19.9. The van der Waals surface area contributed by atoms with Gasteiger partial charge >= 0.3 is 12.3 Å². The van der Waals surface area contributed by atoms with Crippen molar-refractivity contribution in [3.63, 3.8) is 0 Å². The molecule has 1 fully saturated rings. The third kappa shape index (κ3) is 7.02. The Morgan fingerprint density at radius 2 is 1.58 bits per heavy atom. The summed E-state index contributed by atoms with van der Waals surface area (Å²) in [5.41, 5.74) is -0.0393. The van der Waals surface area contributed by atoms with Crippen LogP contribution < -0.4 is 20.7 Å². The normalized spacial score (nSPS) is 17.4. The number of rotatable bonds is 9. The molecule has 3 aromatic carbocycles. The second kappa shape index (κ2) is 11.7. The Labute approximate surface area is 216 Å². The molecule has 3 aromatic rings. The fourth-order valence-electron chi connectivity index (χ4n) is 3.72. The van der Waals surface area contributed by atoms with Crippen LogP contribution in [0.15, 0.2) is 84.9 Å². The number of alkyl halides is 3. The summed E-state index contributed by atoms with van der Waals surface area (Å²) in [4.78, 5) is 37.8. The van der Waals surface area contributed by atoms with E-state index in [1.807, 2.05) is 0 Å². The molecule has 198 valence electrons. The maximum absolute atomic E-state index is 13.2. The maximum atomic E-state index is 13.2. The number of hydrogen-bond acceptors (Lipinski definition) is 5. The number of benzene rings is 3. The van der Waals surface area contributed by atoms with Gasteiger partial charge in [-0.25, -0.2) is 4.79 Å². The molecule has 1 aliphatic heterocycles. The van der Waals surface area contributed by atoms with Crippen LogP contribution in [0.5, 0.6) is 5.75 Å². The van der Waals surface area contributed by atoms with Crippen molar-refractivity contribution in [2.24, 2.45) is 0 Å². The number of nitrogens with one attached hydrogen (secondary N) is 3. The van der Waals surface area contributed by atoms with Crippen molar-refractivity contribution in [1.29, 1.82) is 0 Å². The monoisotopic (exact) mass is 527 g/mol. The molecule has 0 spiro atoms. The minimum Gasteiger partial charge on any atom is -0.468 e. The van der Waals surface area contributed by atoms with Gasteiger partial charge in [-0.15, -0.1) is 0 Å². The van der Waals surface area contributed by atoms with Gasteiger partial charge in [0.2, 0.25) is 12.1 Å². The second-order valence-corrected chi connectivity index (χ2v) is 8.51. The number of carbonyl (C=O) groups excluding carboxylic acids is 3. The molecule has 8 nitrogen and oxygen atoms in total. The molecule has 38 heavy (non-hydrogen) atoms. The van der Waals surface area contributed by atoms with E-state index in [0.29, 0.717) is 11.3 Å². The van der Waals surface area contributed by atoms with E-state index in [1.54, 1.807) is 60.7 Å². The summed E-state index contributed by atoms with van der Waals surface area (Å²) in [5.74, 6) is -0.843. The molecule has 0 radical (unpaired) electrons. The molecule has 3 amide bonds. The highest BCUT2D eigenvalue weighted by atomic mass is 19.4. The van der Waals surface area contributed by atoms with Crippen LogP contribution in [-0.2, 0) is 33.5 Å². The van der Waals surface area contributed by atoms with Gasteiger partial charge in [-0.3, -0.25) is 9.59 Å². The maximum Gasteiger partial charge on any atom is 0.416 e. The van der Waals surface area contributed by atoms with Gasteiger partial charge in [0.05, 0.1) is 5.56 Å². The van der Waals surface area contributed by atoms with Crippen LogP contribution in [0.2, 0.25) is 0 Å². The number of ether oxygens (including phenoxy) is 2. The third-order valence-electron chi connectivity index (χ3n) is 5.69. The lowest BCUT2D eigenvalue weighted by Gasteiger charge is -2.37. The highest BCUT2D eigenvalue weighted by molar-refractivity contribution is 5.95. The molecule has 4 rings (SSSR count). The molecule has 3 N–H and O–H groups in total. The van der Waals surface area contributed by atoms with Gasteiger partial charge < -0.3 is 25.4 Å². The summed E-state index contributed by atoms with van der Waals surface area (Å²) in [5, 5.41) is 7.44. The van der Waals surface area contributed by atoms with Crippen LogP contribution in [0.25, 0.3) is 0 Å². The fourth-order valence-corrected chi connectivity index (χ4v) is 3.72. The first-order valence-electron chi connectivity index (χ1n) is 11.6. The largest absolute Gasteiger partial charge is 0.468 e. The Kier molecular flexibility index (Phi) is 8.15. The van der Waals surface area contributed by atoms with Gasteiger partial charge in [-0.2, -0.15) is 13.2 Å². The topological polar surface area (TPSA) is 106 Å². The van der Waals surface area contributed by atoms with E-state index < -0.39 is 48.0 Å². The van der Waals surface area contributed by atoms with Crippen LogP contribution in [0.3, 0.4) is 0 Å². The Morgan fingerprint density at radius 3 is 2.24 bits per heavy atom. The number of para-hydroxylation sites is 1. The number of alkyl carbamates (subject to hydrolysis) is 1. The zero-order valence-corrected chi connectivity index (χ0v) is 19.9. The molecule has 0 bridgehead atoms. The first-order valence-corrected chi connectivity index (χ1v) is 11.6. The van der Waals surface area contributed by atoms with Crippen molar-refractivity contribution >= 4 is 17.9 Å². The number of carbonyl (C=O) groups is 3. The highest BCUT2D eigenvalue weighted by Crippen LogP contribution is 2.29. The Morgan fingerprint density at radius 1 is 0.921 bits per heavy atom. The Hall–Kier alpha value is -4.54. The first-order chi connectivity index (χ1) is 18.2. The van der Waals surface area contributed by atoms with E-state index in [2.05, 4.69) is 16.0 Å². The molecular formula is C27H24F3N3O5. The van der Waals surface area contributed by atoms with Crippen LogP contribution in [0.4, 0.5) is 18.0 Å². The van der Waals surface area contributed by atoms with Gasteiger partial charge in [-0.1, -0.05) is 66.7 Å². The average molecular weight is 527 g/mol. The van der Waals surface area contributed by atoms with E-state index >= 15 is 0 Å². The summed E-state index contributed by atoms with van der Waals surface area (Å²) in [6.07, 6.45) is -6.68. The molecule has 0 aromatic heterocycles. The van der Waals surface area contributed by atoms with Gasteiger partial charge in [0.1, 0.15) is 18.4 Å². The van der Waals surface area contributed by atoms with Crippen LogP contribution in [0, 0.1) is 0 Å². The van der Waals surface area contributed by atoms with E-state index in [9.17, 15) is 27.6 Å². The minimum atomic E-state index is -4.58. The summed E-state index contributed by atoms with van der Waals surface area (Å²) < 4.78 is 50.4. The van der Waals surface area contributed by atoms with Crippen molar-refractivity contribution in [2.45, 2.75) is 37.5 Å². The van der Waals surface area contributed by atoms with Crippen molar-refractivity contribution in [3.05, 3.63) is 102 Å². The zero-order chi connectivity index (χ0) is 27.1. The van der Waals surface area contributed by atoms with E-state index in [0.717, 1.165) is 12.1 Å². The molecule has 1 aliphatic rings. The predicted octanol–water partition coefficient (Wildman–Crippen LogP) is 3.56. The van der Waals surface area contributed by atoms with Crippen molar-refractivity contribution in [2.75, 3.05) is 0 Å².